The Balaban J connectivity index is 4.59. The topological polar surface area (TPSA) is 17.1 Å². The van der Waals surface area contributed by atoms with Crippen molar-refractivity contribution < 1.29 is 8.91 Å². The minimum Gasteiger partial charge on any atom is -0.299 e. The maximum atomic E-state index is 11.1. The summed E-state index contributed by atoms with van der Waals surface area (Å²) in [7, 11) is 0. The molecule has 0 heterocycles. The average molecular weight is 117 g/mol. The van der Waals surface area contributed by atoms with Crippen LogP contribution in [0.2, 0.25) is 0 Å². The van der Waals surface area contributed by atoms with Gasteiger partial charge in [0.05, 0.1) is 0 Å². The van der Waals surface area contributed by atoms with Crippen molar-refractivity contribution in [1.29, 1.82) is 0 Å². The molecular formula is C7H14O. The lowest BCUT2D eigenvalue weighted by Gasteiger charge is -2.13. The zero-order valence-electron chi connectivity index (χ0n) is 8.62. The van der Waals surface area contributed by atoms with Crippen molar-refractivity contribution in [3.05, 3.63) is 0 Å². The van der Waals surface area contributed by atoms with E-state index in [1.807, 2.05) is 0 Å². The highest BCUT2D eigenvalue weighted by molar-refractivity contribution is 5.83. The highest BCUT2D eigenvalue weighted by Gasteiger charge is 2.17. The Kier molecular flexibility index (Phi) is 1.05. The predicted molar refractivity (Wildman–Crippen MR) is 34.8 cm³/mol. The number of rotatable bonds is 1. The van der Waals surface area contributed by atoms with E-state index < -0.39 is 12.3 Å². The van der Waals surface area contributed by atoms with Gasteiger partial charge in [-0.05, 0) is 0 Å². The fraction of sp³-hybridized carbons (Fsp3) is 0.857. The fourth-order valence-electron chi connectivity index (χ4n) is 0.442. The average Bonchev–Trinajstić information content (AvgIpc) is 1.83. The smallest absolute Gasteiger partial charge is 0.137 e. The van der Waals surface area contributed by atoms with Crippen LogP contribution in [0.3, 0.4) is 0 Å². The number of carbonyl (C=O) groups excluding carboxylic acids is 1. The Morgan fingerprint density at radius 3 is 2.38 bits per heavy atom. The number of carbonyl (C=O) groups is 1. The van der Waals surface area contributed by atoms with Gasteiger partial charge in [-0.1, -0.05) is 27.6 Å². The van der Waals surface area contributed by atoms with Gasteiger partial charge in [-0.3, -0.25) is 4.79 Å². The Morgan fingerprint density at radius 1 is 1.75 bits per heavy atom. The Labute approximate surface area is 55.3 Å². The van der Waals surface area contributed by atoms with Crippen LogP contribution in [0.4, 0.5) is 0 Å². The predicted octanol–water partition coefficient (Wildman–Crippen LogP) is 2.01. The van der Waals surface area contributed by atoms with Crippen LogP contribution in [-0.2, 0) is 4.79 Å². The Hall–Kier alpha value is -0.330. The summed E-state index contributed by atoms with van der Waals surface area (Å²) in [6.07, 6.45) is 0.283. The molecule has 0 aliphatic heterocycles. The fourth-order valence-corrected chi connectivity index (χ4v) is 0.442. The van der Waals surface area contributed by atoms with Gasteiger partial charge >= 0.3 is 0 Å². The minimum absolute atomic E-state index is 0.211. The lowest BCUT2D eigenvalue weighted by molar-refractivity contribution is -0.125. The molecule has 1 nitrogen and oxygen atoms in total. The van der Waals surface area contributed by atoms with Gasteiger partial charge < -0.3 is 0 Å². The molecule has 8 heavy (non-hydrogen) atoms. The molecule has 0 atom stereocenters. The van der Waals surface area contributed by atoms with E-state index in [1.165, 1.54) is 13.8 Å². The summed E-state index contributed by atoms with van der Waals surface area (Å²) in [6, 6.07) is 0. The summed E-state index contributed by atoms with van der Waals surface area (Å²) in [6.45, 7) is 2.42. The molecule has 0 aromatic carbocycles. The number of hydrogen-bond donors (Lipinski definition) is 0. The molecular weight excluding hydrogens is 100 g/mol. The van der Waals surface area contributed by atoms with Crippen LogP contribution in [0.15, 0.2) is 0 Å². The molecule has 0 aliphatic rings. The van der Waals surface area contributed by atoms with E-state index in [0.717, 1.165) is 0 Å². The van der Waals surface area contributed by atoms with Crippen molar-refractivity contribution in [1.82, 2.24) is 0 Å². The van der Waals surface area contributed by atoms with Crippen molar-refractivity contribution >= 4 is 5.78 Å². The molecule has 0 radical (unpaired) electrons. The first-order chi connectivity index (χ1) is 4.73. The summed E-state index contributed by atoms with van der Waals surface area (Å²) in [5, 5.41) is 0. The van der Waals surface area contributed by atoms with Crippen molar-refractivity contribution in [3.8, 4) is 0 Å². The summed E-state index contributed by atoms with van der Waals surface area (Å²) in [4.78, 5) is 11.1. The first-order valence-corrected chi connectivity index (χ1v) is 2.76. The Morgan fingerprint density at radius 2 is 2.25 bits per heavy atom. The van der Waals surface area contributed by atoms with Gasteiger partial charge in [-0.25, -0.2) is 0 Å². The lowest BCUT2D eigenvalue weighted by atomic mass is 9.90. The third-order valence-electron chi connectivity index (χ3n) is 1.02. The molecule has 0 spiro atoms. The van der Waals surface area contributed by atoms with Gasteiger partial charge in [0.25, 0.3) is 0 Å². The maximum absolute atomic E-state index is 11.1. The third-order valence-corrected chi connectivity index (χ3v) is 1.02. The van der Waals surface area contributed by atoms with E-state index in [-0.39, 0.29) is 12.2 Å². The molecule has 0 aromatic heterocycles. The van der Waals surface area contributed by atoms with Crippen molar-refractivity contribution in [2.45, 2.75) is 34.0 Å². The lowest BCUT2D eigenvalue weighted by Crippen LogP contribution is -2.18. The van der Waals surface area contributed by atoms with Crippen molar-refractivity contribution in [2.24, 2.45) is 5.41 Å². The molecule has 0 saturated carbocycles. The summed E-state index contributed by atoms with van der Waals surface area (Å²) >= 11 is 0. The number of Topliss-reactive ketones (excluding diaryl/α,β-unsaturated/α-hetero) is 1. The van der Waals surface area contributed by atoms with E-state index in [1.54, 1.807) is 6.92 Å². The third kappa shape index (κ3) is 2.10. The molecule has 0 aliphatic carbocycles. The zero-order chi connectivity index (χ0) is 9.28. The van der Waals surface area contributed by atoms with Crippen LogP contribution in [0, 0.1) is 5.41 Å². The standard InChI is InChI=1S/C7H14O/c1-5-6(8)7(2,3)4/h5H2,1-4H3/i2D3. The number of ketones is 1. The van der Waals surface area contributed by atoms with Crippen molar-refractivity contribution in [3.63, 3.8) is 0 Å². The molecule has 0 bridgehead atoms. The van der Waals surface area contributed by atoms with Gasteiger partial charge in [0.1, 0.15) is 5.78 Å². The van der Waals surface area contributed by atoms with Gasteiger partial charge in [-0.2, -0.15) is 0 Å². The second-order valence-electron chi connectivity index (χ2n) is 2.40. The SMILES string of the molecule is [2H]C([2H])([2H])C(C)(C)C(=O)CC. The van der Waals surface area contributed by atoms with E-state index in [4.69, 9.17) is 4.11 Å². The molecule has 0 N–H and O–H groups in total. The maximum Gasteiger partial charge on any atom is 0.137 e. The summed E-state index contributed by atoms with van der Waals surface area (Å²) in [5.74, 6) is -0.211. The molecule has 1 heteroatoms. The van der Waals surface area contributed by atoms with E-state index in [9.17, 15) is 4.79 Å². The highest BCUT2D eigenvalue weighted by Crippen LogP contribution is 2.15. The number of hydrogen-bond acceptors (Lipinski definition) is 1. The quantitative estimate of drug-likeness (QED) is 0.513. The van der Waals surface area contributed by atoms with Crippen LogP contribution in [0.25, 0.3) is 0 Å². The highest BCUT2D eigenvalue weighted by atomic mass is 16.1. The Bertz CT molecular complexity index is 158. The molecule has 0 fully saturated rings. The van der Waals surface area contributed by atoms with Crippen molar-refractivity contribution in [2.75, 3.05) is 0 Å². The van der Waals surface area contributed by atoms with Crippen LogP contribution in [0.1, 0.15) is 38.2 Å². The molecule has 0 amide bonds. The van der Waals surface area contributed by atoms with E-state index in [0.29, 0.717) is 0 Å². The van der Waals surface area contributed by atoms with Crippen LogP contribution in [0.5, 0.6) is 0 Å². The van der Waals surface area contributed by atoms with Gasteiger partial charge in [-0.15, -0.1) is 0 Å². The summed E-state index contributed by atoms with van der Waals surface area (Å²) in [5.41, 5.74) is -1.19. The molecule has 0 unspecified atom stereocenters. The van der Waals surface area contributed by atoms with Gasteiger partial charge in [0.2, 0.25) is 0 Å². The zero-order valence-corrected chi connectivity index (χ0v) is 5.62. The second-order valence-corrected chi connectivity index (χ2v) is 2.40. The van der Waals surface area contributed by atoms with Crippen LogP contribution >= 0.6 is 0 Å². The van der Waals surface area contributed by atoms with E-state index >= 15 is 0 Å². The normalized spacial score (nSPS) is 18.6. The second kappa shape index (κ2) is 2.29. The first kappa shape index (κ1) is 3.65. The summed E-state index contributed by atoms with van der Waals surface area (Å²) < 4.78 is 21.2. The first-order valence-electron chi connectivity index (χ1n) is 4.26. The molecule has 0 saturated heterocycles. The monoisotopic (exact) mass is 117 g/mol. The largest absolute Gasteiger partial charge is 0.299 e. The van der Waals surface area contributed by atoms with E-state index in [2.05, 4.69) is 0 Å². The molecule has 48 valence electrons. The van der Waals surface area contributed by atoms with Crippen LogP contribution < -0.4 is 0 Å². The van der Waals surface area contributed by atoms with Gasteiger partial charge in [0.15, 0.2) is 0 Å². The van der Waals surface area contributed by atoms with Gasteiger partial charge in [0, 0.05) is 15.9 Å². The molecule has 0 aromatic rings. The minimum atomic E-state index is -2.18. The van der Waals surface area contributed by atoms with Crippen LogP contribution in [-0.4, -0.2) is 5.78 Å². The molecule has 0 rings (SSSR count).